The molecule has 0 bridgehead atoms. The molecule has 0 saturated carbocycles. The molecule has 1 aliphatic rings. The van der Waals surface area contributed by atoms with E-state index in [2.05, 4.69) is 19.9 Å². The van der Waals surface area contributed by atoms with Gasteiger partial charge < -0.3 is 18.7 Å². The summed E-state index contributed by atoms with van der Waals surface area (Å²) in [5.41, 5.74) is 2.05. The summed E-state index contributed by atoms with van der Waals surface area (Å²) in [6.45, 7) is 5.19. The summed E-state index contributed by atoms with van der Waals surface area (Å²) in [5, 5.41) is 4.11. The van der Waals surface area contributed by atoms with Crippen LogP contribution in [0.3, 0.4) is 0 Å². The highest BCUT2D eigenvalue weighted by Crippen LogP contribution is 2.40. The minimum Gasteiger partial charge on any atom is -0.493 e. The third-order valence-electron chi connectivity index (χ3n) is 5.50. The number of piperazine rings is 1. The average Bonchev–Trinajstić information content (AvgIpc) is 3.29. The minimum atomic E-state index is 0.631. The van der Waals surface area contributed by atoms with Gasteiger partial charge in [-0.3, -0.25) is 9.80 Å². The van der Waals surface area contributed by atoms with E-state index in [9.17, 15) is 0 Å². The van der Waals surface area contributed by atoms with E-state index in [-0.39, 0.29) is 0 Å². The normalized spacial score (nSPS) is 15.1. The highest BCUT2D eigenvalue weighted by atomic mass is 16.5. The average molecular weight is 425 g/mol. The van der Waals surface area contributed by atoms with Crippen molar-refractivity contribution in [3.63, 3.8) is 0 Å². The van der Waals surface area contributed by atoms with E-state index < -0.39 is 0 Å². The van der Waals surface area contributed by atoms with Crippen LogP contribution in [0, 0.1) is 0 Å². The van der Waals surface area contributed by atoms with Crippen LogP contribution in [0.4, 0.5) is 0 Å². The van der Waals surface area contributed by atoms with E-state index in [1.807, 2.05) is 42.5 Å². The van der Waals surface area contributed by atoms with Crippen LogP contribution >= 0.6 is 0 Å². The molecular formula is C23H28N4O4. The molecule has 8 heteroatoms. The van der Waals surface area contributed by atoms with Crippen molar-refractivity contribution < 1.29 is 18.7 Å². The molecule has 2 heterocycles. The Morgan fingerprint density at radius 2 is 1.48 bits per heavy atom. The zero-order chi connectivity index (χ0) is 21.6. The zero-order valence-corrected chi connectivity index (χ0v) is 18.2. The second kappa shape index (κ2) is 9.80. The van der Waals surface area contributed by atoms with Crippen LogP contribution in [0.1, 0.15) is 11.5 Å². The Balaban J connectivity index is 1.34. The maximum absolute atomic E-state index is 5.62. The lowest BCUT2D eigenvalue weighted by molar-refractivity contribution is 0.111. The third kappa shape index (κ3) is 4.81. The molecule has 0 aliphatic carbocycles. The Kier molecular flexibility index (Phi) is 6.69. The first-order chi connectivity index (χ1) is 15.2. The molecule has 1 aromatic heterocycles. The molecule has 0 N–H and O–H groups in total. The lowest BCUT2D eigenvalue weighted by Gasteiger charge is -2.34. The van der Waals surface area contributed by atoms with Crippen LogP contribution in [0.15, 0.2) is 47.0 Å². The molecule has 0 amide bonds. The second-order valence-electron chi connectivity index (χ2n) is 7.42. The second-order valence-corrected chi connectivity index (χ2v) is 7.42. The summed E-state index contributed by atoms with van der Waals surface area (Å²) in [4.78, 5) is 9.29. The van der Waals surface area contributed by atoms with Gasteiger partial charge in [0.1, 0.15) is 0 Å². The lowest BCUT2D eigenvalue weighted by Crippen LogP contribution is -2.45. The first-order valence-corrected chi connectivity index (χ1v) is 10.3. The molecule has 164 valence electrons. The largest absolute Gasteiger partial charge is 0.493 e. The Hall–Kier alpha value is -3.10. The first kappa shape index (κ1) is 21.1. The van der Waals surface area contributed by atoms with E-state index in [1.165, 1.54) is 0 Å². The van der Waals surface area contributed by atoms with Crippen LogP contribution in [0.25, 0.3) is 11.4 Å². The van der Waals surface area contributed by atoms with Crippen LogP contribution in [-0.4, -0.2) is 67.4 Å². The van der Waals surface area contributed by atoms with Crippen molar-refractivity contribution in [2.45, 2.75) is 13.1 Å². The monoisotopic (exact) mass is 424 g/mol. The Labute approximate surface area is 182 Å². The molecule has 0 spiro atoms. The molecule has 31 heavy (non-hydrogen) atoms. The van der Waals surface area contributed by atoms with Gasteiger partial charge in [-0.25, -0.2) is 0 Å². The summed E-state index contributed by atoms with van der Waals surface area (Å²) in [6.07, 6.45) is 0. The maximum Gasteiger partial charge on any atom is 0.241 e. The smallest absolute Gasteiger partial charge is 0.241 e. The SMILES string of the molecule is COc1ccc(CN2CCN(Cc3nc(-c4ccccc4)no3)CC2)c(OC)c1OC. The molecule has 3 aromatic rings. The molecule has 0 atom stereocenters. The number of nitrogens with zero attached hydrogens (tertiary/aromatic N) is 4. The van der Waals surface area contributed by atoms with Crippen LogP contribution in [0.5, 0.6) is 17.2 Å². The highest BCUT2D eigenvalue weighted by molar-refractivity contribution is 5.56. The van der Waals surface area contributed by atoms with Crippen molar-refractivity contribution in [3.05, 3.63) is 53.9 Å². The van der Waals surface area contributed by atoms with Crippen molar-refractivity contribution in [3.8, 4) is 28.6 Å². The van der Waals surface area contributed by atoms with Gasteiger partial charge in [0.05, 0.1) is 27.9 Å². The predicted octanol–water partition coefficient (Wildman–Crippen LogP) is 3.08. The van der Waals surface area contributed by atoms with Gasteiger partial charge in [0.2, 0.25) is 17.5 Å². The van der Waals surface area contributed by atoms with Gasteiger partial charge >= 0.3 is 0 Å². The van der Waals surface area contributed by atoms with Crippen LogP contribution in [-0.2, 0) is 13.1 Å². The fraction of sp³-hybridized carbons (Fsp3) is 0.391. The van der Waals surface area contributed by atoms with Crippen LogP contribution < -0.4 is 14.2 Å². The molecule has 0 unspecified atom stereocenters. The van der Waals surface area contributed by atoms with E-state index in [1.54, 1.807) is 21.3 Å². The van der Waals surface area contributed by atoms with Crippen molar-refractivity contribution in [2.24, 2.45) is 0 Å². The topological polar surface area (TPSA) is 73.1 Å². The highest BCUT2D eigenvalue weighted by Gasteiger charge is 2.22. The van der Waals surface area contributed by atoms with Crippen LogP contribution in [0.2, 0.25) is 0 Å². The van der Waals surface area contributed by atoms with E-state index in [4.69, 9.17) is 18.7 Å². The zero-order valence-electron chi connectivity index (χ0n) is 18.2. The van der Waals surface area contributed by atoms with E-state index in [0.717, 1.165) is 49.6 Å². The number of benzene rings is 2. The number of aromatic nitrogens is 2. The van der Waals surface area contributed by atoms with Gasteiger partial charge in [0.25, 0.3) is 0 Å². The number of rotatable bonds is 8. The van der Waals surface area contributed by atoms with E-state index >= 15 is 0 Å². The fourth-order valence-corrected chi connectivity index (χ4v) is 3.85. The maximum atomic E-state index is 5.62. The third-order valence-corrected chi connectivity index (χ3v) is 5.50. The van der Waals surface area contributed by atoms with Crippen molar-refractivity contribution in [2.75, 3.05) is 47.5 Å². The van der Waals surface area contributed by atoms with Gasteiger partial charge in [-0.1, -0.05) is 41.6 Å². The van der Waals surface area contributed by atoms with Gasteiger partial charge in [0, 0.05) is 43.9 Å². The number of methoxy groups -OCH3 is 3. The van der Waals surface area contributed by atoms with Gasteiger partial charge in [-0.05, 0) is 6.07 Å². The summed E-state index contributed by atoms with van der Waals surface area (Å²) < 4.78 is 22.0. The quantitative estimate of drug-likeness (QED) is 0.546. The summed E-state index contributed by atoms with van der Waals surface area (Å²) in [7, 11) is 4.92. The molecule has 4 rings (SSSR count). The standard InChI is InChI=1S/C23H28N4O4/c1-28-19-10-9-18(21(29-2)22(19)30-3)15-26-11-13-27(14-12-26)16-20-24-23(25-31-20)17-7-5-4-6-8-17/h4-10H,11-16H2,1-3H3. The van der Waals surface area contributed by atoms with Crippen molar-refractivity contribution in [1.29, 1.82) is 0 Å². The number of hydrogen-bond acceptors (Lipinski definition) is 8. The molecule has 1 fully saturated rings. The fourth-order valence-electron chi connectivity index (χ4n) is 3.85. The molecule has 8 nitrogen and oxygen atoms in total. The van der Waals surface area contributed by atoms with E-state index in [0.29, 0.717) is 29.8 Å². The van der Waals surface area contributed by atoms with Crippen molar-refractivity contribution >= 4 is 0 Å². The Morgan fingerprint density at radius 1 is 0.806 bits per heavy atom. The minimum absolute atomic E-state index is 0.631. The number of hydrogen-bond donors (Lipinski definition) is 0. The van der Waals surface area contributed by atoms with Gasteiger partial charge in [0.15, 0.2) is 11.5 Å². The van der Waals surface area contributed by atoms with Crippen molar-refractivity contribution in [1.82, 2.24) is 19.9 Å². The molecular weight excluding hydrogens is 396 g/mol. The van der Waals surface area contributed by atoms with Gasteiger partial charge in [-0.15, -0.1) is 0 Å². The molecule has 1 aliphatic heterocycles. The summed E-state index contributed by atoms with van der Waals surface area (Å²) in [6, 6.07) is 13.8. The van der Waals surface area contributed by atoms with Gasteiger partial charge in [-0.2, -0.15) is 4.98 Å². The molecule has 1 saturated heterocycles. The summed E-state index contributed by atoms with van der Waals surface area (Å²) in [5.74, 6) is 3.31. The Morgan fingerprint density at radius 3 is 2.13 bits per heavy atom. The lowest BCUT2D eigenvalue weighted by atomic mass is 10.1. The Bertz CT molecular complexity index is 984. The first-order valence-electron chi connectivity index (χ1n) is 10.3. The molecule has 2 aromatic carbocycles. The number of ether oxygens (including phenoxy) is 3. The summed E-state index contributed by atoms with van der Waals surface area (Å²) >= 11 is 0. The predicted molar refractivity (Wildman–Crippen MR) is 116 cm³/mol. The molecule has 0 radical (unpaired) electrons.